The van der Waals surface area contributed by atoms with E-state index in [1.54, 1.807) is 12.5 Å². The van der Waals surface area contributed by atoms with E-state index in [0.29, 0.717) is 6.04 Å². The van der Waals surface area contributed by atoms with Gasteiger partial charge in [0.05, 0.1) is 6.04 Å². The van der Waals surface area contributed by atoms with Gasteiger partial charge in [-0.05, 0) is 31.6 Å². The van der Waals surface area contributed by atoms with E-state index in [1.165, 1.54) is 19.4 Å². The van der Waals surface area contributed by atoms with Crippen LogP contribution in [0.2, 0.25) is 0 Å². The minimum atomic E-state index is 0.0942. The standard InChI is InChI=1S/C14H24N2O/c1-10-5-4-6-11(2)14(10)9-16-7-13(8-16)15-12(3)17/h5,11,13-14H,4,6-9H2,1-3H3,(H,15,17)/t11-,14+/m0/s1. The first-order valence-corrected chi connectivity index (χ1v) is 6.72. The third-order valence-corrected chi connectivity index (χ3v) is 4.18. The molecule has 0 aromatic heterocycles. The molecule has 1 N–H and O–H groups in total. The van der Waals surface area contributed by atoms with Gasteiger partial charge in [-0.3, -0.25) is 9.69 Å². The van der Waals surface area contributed by atoms with E-state index in [-0.39, 0.29) is 5.91 Å². The molecule has 2 atom stereocenters. The number of carbonyl (C=O) groups is 1. The molecule has 0 bridgehead atoms. The molecular weight excluding hydrogens is 212 g/mol. The summed E-state index contributed by atoms with van der Waals surface area (Å²) in [5, 5.41) is 2.97. The van der Waals surface area contributed by atoms with E-state index >= 15 is 0 Å². The molecule has 1 heterocycles. The van der Waals surface area contributed by atoms with E-state index in [4.69, 9.17) is 0 Å². The Kier molecular flexibility index (Phi) is 3.87. The summed E-state index contributed by atoms with van der Waals surface area (Å²) in [4.78, 5) is 13.4. The molecule has 0 spiro atoms. The zero-order valence-electron chi connectivity index (χ0n) is 11.2. The molecule has 1 fully saturated rings. The Morgan fingerprint density at radius 3 is 2.82 bits per heavy atom. The van der Waals surface area contributed by atoms with Gasteiger partial charge in [-0.2, -0.15) is 0 Å². The molecule has 0 aromatic rings. The summed E-state index contributed by atoms with van der Waals surface area (Å²) >= 11 is 0. The highest BCUT2D eigenvalue weighted by Crippen LogP contribution is 2.31. The summed E-state index contributed by atoms with van der Waals surface area (Å²) in [6, 6.07) is 0.385. The predicted molar refractivity (Wildman–Crippen MR) is 69.7 cm³/mol. The van der Waals surface area contributed by atoms with Crippen molar-refractivity contribution in [1.29, 1.82) is 0 Å². The van der Waals surface area contributed by atoms with Crippen molar-refractivity contribution in [3.05, 3.63) is 11.6 Å². The molecule has 0 saturated carbocycles. The second-order valence-electron chi connectivity index (χ2n) is 5.73. The smallest absolute Gasteiger partial charge is 0.217 e. The Hall–Kier alpha value is -0.830. The number of allylic oxidation sites excluding steroid dienone is 1. The van der Waals surface area contributed by atoms with E-state index in [2.05, 4.69) is 30.1 Å². The van der Waals surface area contributed by atoms with E-state index in [0.717, 1.165) is 24.9 Å². The van der Waals surface area contributed by atoms with Gasteiger partial charge < -0.3 is 5.32 Å². The first-order chi connectivity index (χ1) is 8.06. The van der Waals surface area contributed by atoms with Gasteiger partial charge in [0.1, 0.15) is 0 Å². The molecule has 17 heavy (non-hydrogen) atoms. The third kappa shape index (κ3) is 3.09. The molecule has 1 aliphatic carbocycles. The second kappa shape index (κ2) is 5.21. The molecule has 2 aliphatic rings. The lowest BCUT2D eigenvalue weighted by atomic mass is 9.79. The van der Waals surface area contributed by atoms with Gasteiger partial charge in [-0.25, -0.2) is 0 Å². The van der Waals surface area contributed by atoms with Crippen LogP contribution in [0, 0.1) is 11.8 Å². The highest BCUT2D eigenvalue weighted by molar-refractivity contribution is 5.73. The van der Waals surface area contributed by atoms with Gasteiger partial charge in [0.15, 0.2) is 0 Å². The average molecular weight is 236 g/mol. The molecule has 0 radical (unpaired) electrons. The number of rotatable bonds is 3. The molecule has 0 aromatic carbocycles. The Balaban J connectivity index is 1.77. The summed E-state index contributed by atoms with van der Waals surface area (Å²) in [7, 11) is 0. The summed E-state index contributed by atoms with van der Waals surface area (Å²) in [5.41, 5.74) is 1.56. The highest BCUT2D eigenvalue weighted by Gasteiger charge is 2.31. The van der Waals surface area contributed by atoms with Crippen molar-refractivity contribution < 1.29 is 4.79 Å². The van der Waals surface area contributed by atoms with Gasteiger partial charge >= 0.3 is 0 Å². The predicted octanol–water partition coefficient (Wildman–Crippen LogP) is 1.80. The number of nitrogens with zero attached hydrogens (tertiary/aromatic N) is 1. The Bertz CT molecular complexity index is 318. The fourth-order valence-corrected chi connectivity index (χ4v) is 3.08. The molecule has 2 rings (SSSR count). The van der Waals surface area contributed by atoms with Crippen LogP contribution in [0.1, 0.15) is 33.6 Å². The summed E-state index contributed by atoms with van der Waals surface area (Å²) in [5.74, 6) is 1.62. The minimum Gasteiger partial charge on any atom is -0.351 e. The van der Waals surface area contributed by atoms with Crippen LogP contribution in [-0.2, 0) is 4.79 Å². The van der Waals surface area contributed by atoms with Crippen molar-refractivity contribution in [2.75, 3.05) is 19.6 Å². The number of carbonyl (C=O) groups excluding carboxylic acids is 1. The largest absolute Gasteiger partial charge is 0.351 e. The van der Waals surface area contributed by atoms with E-state index in [9.17, 15) is 4.79 Å². The molecule has 3 heteroatoms. The first kappa shape index (κ1) is 12.6. The monoisotopic (exact) mass is 236 g/mol. The van der Waals surface area contributed by atoms with Crippen molar-refractivity contribution in [1.82, 2.24) is 10.2 Å². The van der Waals surface area contributed by atoms with Crippen molar-refractivity contribution in [3.63, 3.8) is 0 Å². The molecule has 1 aliphatic heterocycles. The van der Waals surface area contributed by atoms with Crippen LogP contribution in [0.4, 0.5) is 0 Å². The number of hydrogen-bond donors (Lipinski definition) is 1. The second-order valence-corrected chi connectivity index (χ2v) is 5.73. The fraction of sp³-hybridized carbons (Fsp3) is 0.786. The molecule has 1 amide bonds. The van der Waals surface area contributed by atoms with Crippen LogP contribution in [0.5, 0.6) is 0 Å². The van der Waals surface area contributed by atoms with Crippen LogP contribution in [0.25, 0.3) is 0 Å². The van der Waals surface area contributed by atoms with Crippen molar-refractivity contribution >= 4 is 5.91 Å². The number of amides is 1. The Morgan fingerprint density at radius 1 is 1.53 bits per heavy atom. The molecular formula is C14H24N2O. The van der Waals surface area contributed by atoms with Gasteiger partial charge in [0.25, 0.3) is 0 Å². The van der Waals surface area contributed by atoms with E-state index < -0.39 is 0 Å². The molecule has 0 unspecified atom stereocenters. The lowest BCUT2D eigenvalue weighted by molar-refractivity contribution is -0.120. The molecule has 3 nitrogen and oxygen atoms in total. The summed E-state index contributed by atoms with van der Waals surface area (Å²) in [6.07, 6.45) is 4.97. The lowest BCUT2D eigenvalue weighted by Gasteiger charge is -2.43. The van der Waals surface area contributed by atoms with Crippen LogP contribution in [0.3, 0.4) is 0 Å². The highest BCUT2D eigenvalue weighted by atomic mass is 16.1. The maximum Gasteiger partial charge on any atom is 0.217 e. The van der Waals surface area contributed by atoms with Crippen LogP contribution >= 0.6 is 0 Å². The lowest BCUT2D eigenvalue weighted by Crippen LogP contribution is -2.60. The van der Waals surface area contributed by atoms with Crippen molar-refractivity contribution in [2.45, 2.75) is 39.7 Å². The van der Waals surface area contributed by atoms with Gasteiger partial charge in [0, 0.05) is 26.6 Å². The Morgan fingerprint density at radius 2 is 2.24 bits per heavy atom. The number of hydrogen-bond acceptors (Lipinski definition) is 2. The number of likely N-dealkylation sites (tertiary alicyclic amines) is 1. The Labute approximate surface area is 104 Å². The summed E-state index contributed by atoms with van der Waals surface area (Å²) < 4.78 is 0. The van der Waals surface area contributed by atoms with Crippen LogP contribution in [0.15, 0.2) is 11.6 Å². The maximum absolute atomic E-state index is 10.9. The fourth-order valence-electron chi connectivity index (χ4n) is 3.08. The minimum absolute atomic E-state index is 0.0942. The van der Waals surface area contributed by atoms with Gasteiger partial charge in [-0.1, -0.05) is 18.6 Å². The average Bonchev–Trinajstić information content (AvgIpc) is 2.18. The van der Waals surface area contributed by atoms with Gasteiger partial charge in [0.2, 0.25) is 5.91 Å². The zero-order valence-corrected chi connectivity index (χ0v) is 11.2. The SMILES string of the molecule is CC(=O)NC1CN(C[C@@H]2C(C)=CCC[C@@H]2C)C1. The number of nitrogens with one attached hydrogen (secondary N) is 1. The van der Waals surface area contributed by atoms with Crippen LogP contribution < -0.4 is 5.32 Å². The topological polar surface area (TPSA) is 32.3 Å². The van der Waals surface area contributed by atoms with Gasteiger partial charge in [-0.15, -0.1) is 0 Å². The summed E-state index contributed by atoms with van der Waals surface area (Å²) in [6.45, 7) is 9.45. The maximum atomic E-state index is 10.9. The molecule has 1 saturated heterocycles. The first-order valence-electron chi connectivity index (χ1n) is 6.72. The zero-order chi connectivity index (χ0) is 12.4. The molecule has 96 valence electrons. The van der Waals surface area contributed by atoms with Crippen LogP contribution in [-0.4, -0.2) is 36.5 Å². The normalized spacial score (nSPS) is 30.6. The van der Waals surface area contributed by atoms with Crippen molar-refractivity contribution in [3.8, 4) is 0 Å². The third-order valence-electron chi connectivity index (χ3n) is 4.18. The quantitative estimate of drug-likeness (QED) is 0.758. The van der Waals surface area contributed by atoms with E-state index in [1.807, 2.05) is 0 Å². The van der Waals surface area contributed by atoms with Crippen molar-refractivity contribution in [2.24, 2.45) is 11.8 Å².